The molecule has 1 amide bonds. The van der Waals surface area contributed by atoms with Crippen molar-refractivity contribution in [1.82, 2.24) is 24.4 Å². The molecule has 1 aliphatic heterocycles. The Balaban J connectivity index is 1.71. The molecule has 0 spiro atoms. The van der Waals surface area contributed by atoms with E-state index >= 15 is 0 Å². The highest BCUT2D eigenvalue weighted by Gasteiger charge is 2.28. The summed E-state index contributed by atoms with van der Waals surface area (Å²) in [6.45, 7) is 0. The number of nitrogens with zero attached hydrogens (tertiary/aromatic N) is 3. The van der Waals surface area contributed by atoms with Crippen LogP contribution in [0.2, 0.25) is 0 Å². The number of aromatic nitrogens is 4. The van der Waals surface area contributed by atoms with Crippen LogP contribution in [0.15, 0.2) is 14.7 Å². The molecule has 2 aromatic heterocycles. The summed E-state index contributed by atoms with van der Waals surface area (Å²) >= 11 is 1.07. The van der Waals surface area contributed by atoms with Gasteiger partial charge in [-0.2, -0.15) is 0 Å². The predicted molar refractivity (Wildman–Crippen MR) is 92.5 cm³/mol. The minimum absolute atomic E-state index is 0.0185. The second-order valence-electron chi connectivity index (χ2n) is 5.90. The number of carbonyl (C=O) groups excluding carboxylic acids is 1. The summed E-state index contributed by atoms with van der Waals surface area (Å²) < 4.78 is 25.0. The predicted octanol–water partition coefficient (Wildman–Crippen LogP) is -1.64. The van der Waals surface area contributed by atoms with Gasteiger partial charge < -0.3 is 10.3 Å². The van der Waals surface area contributed by atoms with Gasteiger partial charge in [0.1, 0.15) is 0 Å². The number of H-pyrrole nitrogens is 1. The van der Waals surface area contributed by atoms with Crippen molar-refractivity contribution in [1.29, 1.82) is 0 Å². The molecule has 0 aromatic carbocycles. The van der Waals surface area contributed by atoms with Crippen molar-refractivity contribution in [3.05, 3.63) is 20.8 Å². The summed E-state index contributed by atoms with van der Waals surface area (Å²) in [5.41, 5.74) is -0.564. The highest BCUT2D eigenvalue weighted by Crippen LogP contribution is 2.17. The summed E-state index contributed by atoms with van der Waals surface area (Å²) in [7, 11) is -0.170. The number of aromatic amines is 1. The SMILES string of the molecule is Cn1c(=O)c2[nH]c(SCC(=O)NC3CCS(=O)(=O)C3)nc2n(C)c1=O. The lowest BCUT2D eigenvalue weighted by Crippen LogP contribution is -2.36. The van der Waals surface area contributed by atoms with Crippen LogP contribution in [-0.4, -0.2) is 56.7 Å². The second-order valence-corrected chi connectivity index (χ2v) is 9.10. The van der Waals surface area contributed by atoms with Crippen molar-refractivity contribution >= 4 is 38.7 Å². The number of imidazole rings is 1. The lowest BCUT2D eigenvalue weighted by Gasteiger charge is -2.09. The van der Waals surface area contributed by atoms with Gasteiger partial charge in [0.15, 0.2) is 26.2 Å². The Morgan fingerprint density at radius 2 is 2.08 bits per heavy atom. The summed E-state index contributed by atoms with van der Waals surface area (Å²) in [5, 5.41) is 3.01. The average Bonchev–Trinajstić information content (AvgIpc) is 3.12. The Kier molecular flexibility index (Phi) is 4.49. The smallest absolute Gasteiger partial charge is 0.332 e. The van der Waals surface area contributed by atoms with Gasteiger partial charge in [0.2, 0.25) is 5.91 Å². The van der Waals surface area contributed by atoms with Crippen LogP contribution in [0.5, 0.6) is 0 Å². The Morgan fingerprint density at radius 1 is 1.36 bits per heavy atom. The van der Waals surface area contributed by atoms with Crippen LogP contribution in [0.1, 0.15) is 6.42 Å². The molecule has 136 valence electrons. The van der Waals surface area contributed by atoms with Gasteiger partial charge in [0, 0.05) is 20.1 Å². The number of aryl methyl sites for hydroxylation is 1. The Hall–Kier alpha value is -2.08. The third-order valence-corrected chi connectivity index (χ3v) is 6.65. The van der Waals surface area contributed by atoms with Crippen LogP contribution in [0.3, 0.4) is 0 Å². The number of hydrogen-bond acceptors (Lipinski definition) is 7. The van der Waals surface area contributed by atoms with E-state index in [0.717, 1.165) is 16.3 Å². The standard InChI is InChI=1S/C13H17N5O5S2/c1-17-10-9(11(20)18(2)13(17)21)15-12(16-10)24-5-8(19)14-7-3-4-25(22,23)6-7/h7H,3-6H2,1-2H3,(H,14,19)(H,15,16). The molecule has 1 unspecified atom stereocenters. The molecular formula is C13H17N5O5S2. The van der Waals surface area contributed by atoms with Crippen LogP contribution in [0, 0.1) is 0 Å². The van der Waals surface area contributed by atoms with Crippen molar-refractivity contribution in [2.45, 2.75) is 17.6 Å². The lowest BCUT2D eigenvalue weighted by molar-refractivity contribution is -0.119. The topological polar surface area (TPSA) is 136 Å². The first-order valence-corrected chi connectivity index (χ1v) is 10.3. The molecule has 1 atom stereocenters. The van der Waals surface area contributed by atoms with Crippen molar-refractivity contribution in [3.8, 4) is 0 Å². The van der Waals surface area contributed by atoms with E-state index in [2.05, 4.69) is 15.3 Å². The maximum Gasteiger partial charge on any atom is 0.332 e. The molecule has 0 radical (unpaired) electrons. The number of sulfone groups is 1. The molecule has 2 N–H and O–H groups in total. The molecule has 1 aliphatic rings. The molecule has 3 heterocycles. The summed E-state index contributed by atoms with van der Waals surface area (Å²) in [6, 6.07) is -0.359. The van der Waals surface area contributed by atoms with Crippen molar-refractivity contribution in [2.75, 3.05) is 17.3 Å². The number of amides is 1. The van der Waals surface area contributed by atoms with E-state index in [9.17, 15) is 22.8 Å². The Bertz CT molecular complexity index is 1060. The molecule has 3 rings (SSSR count). The van der Waals surface area contributed by atoms with Crippen molar-refractivity contribution in [2.24, 2.45) is 14.1 Å². The maximum atomic E-state index is 12.1. The number of nitrogens with one attached hydrogen (secondary N) is 2. The van der Waals surface area contributed by atoms with E-state index < -0.39 is 21.1 Å². The highest BCUT2D eigenvalue weighted by molar-refractivity contribution is 7.99. The van der Waals surface area contributed by atoms with E-state index in [1.807, 2.05) is 0 Å². The van der Waals surface area contributed by atoms with Gasteiger partial charge in [0.25, 0.3) is 5.56 Å². The zero-order valence-corrected chi connectivity index (χ0v) is 15.2. The summed E-state index contributed by atoms with van der Waals surface area (Å²) in [4.78, 5) is 42.9. The second kappa shape index (κ2) is 6.33. The molecular weight excluding hydrogens is 370 g/mol. The summed E-state index contributed by atoms with van der Waals surface area (Å²) in [5.74, 6) is -0.239. The van der Waals surface area contributed by atoms with Gasteiger partial charge in [0.05, 0.1) is 17.3 Å². The van der Waals surface area contributed by atoms with Gasteiger partial charge in [-0.25, -0.2) is 18.2 Å². The van der Waals surface area contributed by atoms with Crippen LogP contribution in [0.4, 0.5) is 0 Å². The first-order chi connectivity index (χ1) is 11.7. The highest BCUT2D eigenvalue weighted by atomic mass is 32.2. The zero-order chi connectivity index (χ0) is 18.4. The van der Waals surface area contributed by atoms with Gasteiger partial charge in [-0.05, 0) is 6.42 Å². The minimum Gasteiger partial charge on any atom is -0.352 e. The first kappa shape index (κ1) is 17.7. The van der Waals surface area contributed by atoms with E-state index in [1.165, 1.54) is 18.7 Å². The first-order valence-electron chi connectivity index (χ1n) is 7.46. The van der Waals surface area contributed by atoms with Gasteiger partial charge in [-0.1, -0.05) is 11.8 Å². The quantitative estimate of drug-likeness (QED) is 0.600. The van der Waals surface area contributed by atoms with Gasteiger partial charge >= 0.3 is 5.69 Å². The monoisotopic (exact) mass is 387 g/mol. The van der Waals surface area contributed by atoms with E-state index in [4.69, 9.17) is 0 Å². The fourth-order valence-electron chi connectivity index (χ4n) is 2.69. The number of thioether (sulfide) groups is 1. The van der Waals surface area contributed by atoms with Crippen LogP contribution >= 0.6 is 11.8 Å². The number of hydrogen-bond donors (Lipinski definition) is 2. The van der Waals surface area contributed by atoms with Crippen molar-refractivity contribution < 1.29 is 13.2 Å². The van der Waals surface area contributed by atoms with E-state index in [1.54, 1.807) is 0 Å². The average molecular weight is 387 g/mol. The van der Waals surface area contributed by atoms with Crippen molar-refractivity contribution in [3.63, 3.8) is 0 Å². The maximum absolute atomic E-state index is 12.1. The van der Waals surface area contributed by atoms with E-state index in [0.29, 0.717) is 11.6 Å². The minimum atomic E-state index is -3.05. The number of fused-ring (bicyclic) bond motifs is 1. The largest absolute Gasteiger partial charge is 0.352 e. The van der Waals surface area contributed by atoms with E-state index in [-0.39, 0.29) is 40.4 Å². The summed E-state index contributed by atoms with van der Waals surface area (Å²) in [6.07, 6.45) is 0.418. The Labute approximate surface area is 146 Å². The molecule has 1 fully saturated rings. The zero-order valence-electron chi connectivity index (χ0n) is 13.6. The molecule has 0 saturated carbocycles. The normalized spacial score (nSPS) is 19.4. The molecule has 25 heavy (non-hydrogen) atoms. The molecule has 0 bridgehead atoms. The molecule has 10 nitrogen and oxygen atoms in total. The molecule has 1 saturated heterocycles. The molecule has 0 aliphatic carbocycles. The number of carbonyl (C=O) groups is 1. The lowest BCUT2D eigenvalue weighted by atomic mass is 10.3. The molecule has 12 heteroatoms. The van der Waals surface area contributed by atoms with Crippen LogP contribution in [0.25, 0.3) is 11.2 Å². The third kappa shape index (κ3) is 3.49. The third-order valence-electron chi connectivity index (χ3n) is 4.01. The number of rotatable bonds is 4. The Morgan fingerprint density at radius 3 is 2.72 bits per heavy atom. The fourth-order valence-corrected chi connectivity index (χ4v) is 5.04. The fraction of sp³-hybridized carbons (Fsp3) is 0.538. The van der Waals surface area contributed by atoms with Crippen LogP contribution in [-0.2, 0) is 28.7 Å². The van der Waals surface area contributed by atoms with Gasteiger partial charge in [-0.15, -0.1) is 0 Å². The van der Waals surface area contributed by atoms with Crippen LogP contribution < -0.4 is 16.6 Å². The van der Waals surface area contributed by atoms with Gasteiger partial charge in [-0.3, -0.25) is 18.7 Å². The molecule has 2 aromatic rings.